The average Bonchev–Trinajstić information content (AvgIpc) is 2.62. The third kappa shape index (κ3) is 3.74. The fourth-order valence-corrected chi connectivity index (χ4v) is 4.38. The van der Waals surface area contributed by atoms with Crippen molar-refractivity contribution < 1.29 is 8.42 Å². The zero-order chi connectivity index (χ0) is 17.0. The molecule has 0 N–H and O–H groups in total. The van der Waals surface area contributed by atoms with Gasteiger partial charge in [0.15, 0.2) is 9.84 Å². The summed E-state index contributed by atoms with van der Waals surface area (Å²) in [6.45, 7) is 1.95. The smallest absolute Gasteiger partial charge is 0.179 e. The Labute approximate surface area is 143 Å². The van der Waals surface area contributed by atoms with E-state index in [9.17, 15) is 8.42 Å². The van der Waals surface area contributed by atoms with Crippen LogP contribution < -0.4 is 0 Å². The molecule has 0 aliphatic carbocycles. The highest BCUT2D eigenvalue weighted by Gasteiger charge is 2.23. The molecule has 0 fully saturated rings. The summed E-state index contributed by atoms with van der Waals surface area (Å²) >= 11 is 0. The van der Waals surface area contributed by atoms with E-state index in [-0.39, 0.29) is 11.7 Å². The van der Waals surface area contributed by atoms with Crippen LogP contribution in [0, 0.1) is 6.92 Å². The van der Waals surface area contributed by atoms with Crippen LogP contribution in [0.25, 0.3) is 0 Å². The van der Waals surface area contributed by atoms with Crippen molar-refractivity contribution in [1.29, 1.82) is 0 Å². The molecule has 3 aromatic rings. The van der Waals surface area contributed by atoms with Crippen LogP contribution in [-0.4, -0.2) is 14.2 Å². The summed E-state index contributed by atoms with van der Waals surface area (Å²) in [5.74, 6) is -0.122. The van der Waals surface area contributed by atoms with Crippen molar-refractivity contribution in [3.05, 3.63) is 102 Å². The van der Waals surface area contributed by atoms with Crippen LogP contribution in [0.1, 0.15) is 22.6 Å². The molecule has 3 heteroatoms. The summed E-state index contributed by atoms with van der Waals surface area (Å²) in [6.07, 6.45) is 0. The Kier molecular flexibility index (Phi) is 4.81. The third-order valence-electron chi connectivity index (χ3n) is 4.17. The summed E-state index contributed by atoms with van der Waals surface area (Å²) < 4.78 is 25.8. The lowest BCUT2D eigenvalue weighted by Crippen LogP contribution is -2.16. The number of hydrogen-bond donors (Lipinski definition) is 0. The molecule has 0 saturated heterocycles. The molecule has 122 valence electrons. The number of benzene rings is 3. The molecule has 0 radical (unpaired) electrons. The van der Waals surface area contributed by atoms with Gasteiger partial charge in [-0.05, 0) is 30.2 Å². The standard InChI is InChI=1S/C21H20O2S/c1-17-12-14-20(15-13-17)24(22,23)16-21(18-8-4-2-5-9-18)19-10-6-3-7-11-19/h2-15,21H,16H2,1H3. The molecule has 3 rings (SSSR count). The van der Waals surface area contributed by atoms with Crippen LogP contribution in [0.5, 0.6) is 0 Å². The zero-order valence-corrected chi connectivity index (χ0v) is 14.4. The van der Waals surface area contributed by atoms with Gasteiger partial charge in [-0.3, -0.25) is 0 Å². The monoisotopic (exact) mass is 336 g/mol. The molecule has 0 aromatic heterocycles. The van der Waals surface area contributed by atoms with E-state index in [1.807, 2.05) is 79.7 Å². The minimum Gasteiger partial charge on any atom is -0.224 e. The highest BCUT2D eigenvalue weighted by atomic mass is 32.2. The van der Waals surface area contributed by atoms with E-state index in [0.717, 1.165) is 16.7 Å². The lowest BCUT2D eigenvalue weighted by atomic mass is 9.93. The van der Waals surface area contributed by atoms with Gasteiger partial charge < -0.3 is 0 Å². The van der Waals surface area contributed by atoms with Crippen molar-refractivity contribution in [2.24, 2.45) is 0 Å². The first-order valence-corrected chi connectivity index (χ1v) is 9.61. The number of rotatable bonds is 5. The maximum atomic E-state index is 12.9. The Hall–Kier alpha value is -2.39. The average molecular weight is 336 g/mol. The van der Waals surface area contributed by atoms with E-state index in [4.69, 9.17) is 0 Å². The van der Waals surface area contributed by atoms with E-state index in [0.29, 0.717) is 4.90 Å². The molecule has 0 aliphatic heterocycles. The van der Waals surface area contributed by atoms with Crippen LogP contribution in [-0.2, 0) is 9.84 Å². The molecular formula is C21H20O2S. The molecule has 0 heterocycles. The molecule has 24 heavy (non-hydrogen) atoms. The Morgan fingerprint density at radius 3 is 1.62 bits per heavy atom. The Morgan fingerprint density at radius 1 is 0.708 bits per heavy atom. The molecule has 0 aliphatic rings. The van der Waals surface area contributed by atoms with Crippen molar-refractivity contribution in [1.82, 2.24) is 0 Å². The third-order valence-corrected chi connectivity index (χ3v) is 5.93. The first-order valence-electron chi connectivity index (χ1n) is 7.95. The lowest BCUT2D eigenvalue weighted by Gasteiger charge is -2.18. The summed E-state index contributed by atoms with van der Waals surface area (Å²) in [4.78, 5) is 0.380. The maximum absolute atomic E-state index is 12.9. The SMILES string of the molecule is Cc1ccc(S(=O)(=O)CC(c2ccccc2)c2ccccc2)cc1. The molecule has 3 aromatic carbocycles. The minimum absolute atomic E-state index is 0.0596. The molecule has 0 spiro atoms. The second-order valence-electron chi connectivity index (χ2n) is 5.97. The highest BCUT2D eigenvalue weighted by Crippen LogP contribution is 2.28. The van der Waals surface area contributed by atoms with Crippen LogP contribution in [0.15, 0.2) is 89.8 Å². The normalized spacial score (nSPS) is 11.6. The van der Waals surface area contributed by atoms with E-state index in [1.165, 1.54) is 0 Å². The second kappa shape index (κ2) is 7.02. The van der Waals surface area contributed by atoms with Gasteiger partial charge in [0.05, 0.1) is 10.6 Å². The summed E-state index contributed by atoms with van der Waals surface area (Å²) in [7, 11) is -3.37. The molecule has 0 saturated carbocycles. The van der Waals surface area contributed by atoms with Crippen molar-refractivity contribution >= 4 is 9.84 Å². The fraction of sp³-hybridized carbons (Fsp3) is 0.143. The van der Waals surface area contributed by atoms with Crippen LogP contribution >= 0.6 is 0 Å². The van der Waals surface area contributed by atoms with Gasteiger partial charge in [-0.2, -0.15) is 0 Å². The highest BCUT2D eigenvalue weighted by molar-refractivity contribution is 7.91. The van der Waals surface area contributed by atoms with Gasteiger partial charge in [0, 0.05) is 5.92 Å². The van der Waals surface area contributed by atoms with Gasteiger partial charge in [0.2, 0.25) is 0 Å². The topological polar surface area (TPSA) is 34.1 Å². The molecule has 2 nitrogen and oxygen atoms in total. The Balaban J connectivity index is 1.99. The first kappa shape index (κ1) is 16.5. The van der Waals surface area contributed by atoms with Gasteiger partial charge in [-0.25, -0.2) is 8.42 Å². The predicted molar refractivity (Wildman–Crippen MR) is 98.0 cm³/mol. The van der Waals surface area contributed by atoms with Gasteiger partial charge in [0.1, 0.15) is 0 Å². The summed E-state index contributed by atoms with van der Waals surface area (Å²) in [6, 6.07) is 26.7. The maximum Gasteiger partial charge on any atom is 0.179 e. The number of aryl methyl sites for hydroxylation is 1. The quantitative estimate of drug-likeness (QED) is 0.682. The number of sulfone groups is 1. The van der Waals surface area contributed by atoms with E-state index in [1.54, 1.807) is 12.1 Å². The Morgan fingerprint density at radius 2 is 1.17 bits per heavy atom. The van der Waals surface area contributed by atoms with E-state index < -0.39 is 9.84 Å². The fourth-order valence-electron chi connectivity index (χ4n) is 2.82. The largest absolute Gasteiger partial charge is 0.224 e. The molecule has 0 amide bonds. The van der Waals surface area contributed by atoms with Crippen molar-refractivity contribution in [2.45, 2.75) is 17.7 Å². The van der Waals surface area contributed by atoms with Crippen LogP contribution in [0.4, 0.5) is 0 Å². The van der Waals surface area contributed by atoms with Crippen molar-refractivity contribution in [2.75, 3.05) is 5.75 Å². The summed E-state index contributed by atoms with van der Waals surface area (Å²) in [5.41, 5.74) is 3.08. The van der Waals surface area contributed by atoms with Gasteiger partial charge >= 0.3 is 0 Å². The number of hydrogen-bond acceptors (Lipinski definition) is 2. The van der Waals surface area contributed by atoms with Crippen molar-refractivity contribution in [3.63, 3.8) is 0 Å². The minimum atomic E-state index is -3.37. The predicted octanol–water partition coefficient (Wildman–Crippen LogP) is 4.60. The summed E-state index contributed by atoms with van der Waals surface area (Å²) in [5, 5.41) is 0. The molecule has 0 atom stereocenters. The van der Waals surface area contributed by atoms with Gasteiger partial charge in [-0.1, -0.05) is 78.4 Å². The Bertz CT molecular complexity index is 844. The molecule has 0 unspecified atom stereocenters. The first-order chi connectivity index (χ1) is 11.6. The zero-order valence-electron chi connectivity index (χ0n) is 13.6. The second-order valence-corrected chi connectivity index (χ2v) is 8.00. The molecular weight excluding hydrogens is 316 g/mol. The van der Waals surface area contributed by atoms with E-state index >= 15 is 0 Å². The molecule has 0 bridgehead atoms. The van der Waals surface area contributed by atoms with Gasteiger partial charge in [0.25, 0.3) is 0 Å². The van der Waals surface area contributed by atoms with Crippen LogP contribution in [0.2, 0.25) is 0 Å². The lowest BCUT2D eigenvalue weighted by molar-refractivity contribution is 0.592. The van der Waals surface area contributed by atoms with Crippen LogP contribution in [0.3, 0.4) is 0 Å². The van der Waals surface area contributed by atoms with Crippen molar-refractivity contribution in [3.8, 4) is 0 Å². The van der Waals surface area contributed by atoms with E-state index in [2.05, 4.69) is 0 Å². The van der Waals surface area contributed by atoms with Gasteiger partial charge in [-0.15, -0.1) is 0 Å².